The molecular weight excluding hydrogens is 1700 g/mol. The molecule has 122 heavy (non-hydrogen) atoms. The van der Waals surface area contributed by atoms with Crippen molar-refractivity contribution in [3.63, 3.8) is 0 Å². The summed E-state index contributed by atoms with van der Waals surface area (Å²) >= 11 is 0. The van der Waals surface area contributed by atoms with Crippen LogP contribution in [0, 0.1) is 0 Å². The maximum atomic E-state index is 13.6. The van der Waals surface area contributed by atoms with Gasteiger partial charge < -0.3 is 118 Å². The Bertz CT molecular complexity index is 6270. The van der Waals surface area contributed by atoms with Crippen LogP contribution in [0.15, 0.2) is 128 Å². The van der Waals surface area contributed by atoms with E-state index in [4.69, 9.17) is 78.1 Å². The van der Waals surface area contributed by atoms with Crippen molar-refractivity contribution in [3.05, 3.63) is 162 Å². The lowest BCUT2D eigenvalue weighted by Gasteiger charge is -2.34. The number of aliphatic hydroxyl groups is 4. The summed E-state index contributed by atoms with van der Waals surface area (Å²) in [5.41, 5.74) is 20.1. The number of aromatic amines is 4. The maximum absolute atomic E-state index is 13.6. The molecule has 0 saturated carbocycles. The molecule has 8 aromatic heterocycles. The lowest BCUT2D eigenvalue weighted by molar-refractivity contribution is -0.247. The number of phosphoric acid groups is 4. The molecule has 0 radical (unpaired) electrons. The highest BCUT2D eigenvalue weighted by Gasteiger charge is 2.56. The highest BCUT2D eigenvalue weighted by Crippen LogP contribution is 2.55. The molecule has 0 aliphatic carbocycles. The summed E-state index contributed by atoms with van der Waals surface area (Å²) in [7, 11) is -22.2. The average molecular weight is 1770 g/mol. The first-order chi connectivity index (χ1) is 58.0. The Morgan fingerprint density at radius 3 is 0.836 bits per heavy atom. The van der Waals surface area contributed by atoms with E-state index in [1.54, 1.807) is 60.7 Å². The van der Waals surface area contributed by atoms with Gasteiger partial charge in [-0.1, -0.05) is 97.1 Å². The van der Waals surface area contributed by atoms with Gasteiger partial charge >= 0.3 is 0 Å². The molecule has 20 atom stereocenters. The molecule has 6 saturated heterocycles. The number of carbonyl (C=O) groups excluding carboxylic acids is 2. The second-order valence-corrected chi connectivity index (χ2v) is 33.6. The third-order valence-corrected chi connectivity index (χ3v) is 24.1. The minimum absolute atomic E-state index is 0.0398. The molecule has 16 N–H and O–H groups in total. The number of nitrogens with zero attached hydrogens (tertiary/aromatic N) is 12. The van der Waals surface area contributed by atoms with Gasteiger partial charge in [-0.15, -0.1) is 0 Å². The van der Waals surface area contributed by atoms with Gasteiger partial charge in [-0.2, -0.15) is 19.9 Å². The number of hydrogen-bond donors (Lipinski definition) is 12. The highest BCUT2D eigenvalue weighted by atomic mass is 31.2. The van der Waals surface area contributed by atoms with Gasteiger partial charge in [0.25, 0.3) is 53.5 Å². The van der Waals surface area contributed by atoms with E-state index >= 15 is 0 Å². The molecule has 0 bridgehead atoms. The number of aromatic nitrogens is 16. The number of nitrogen functional groups attached to an aromatic ring is 4. The first-order valence-corrected chi connectivity index (χ1v) is 42.2. The summed E-state index contributed by atoms with van der Waals surface area (Å²) in [5.74, 6) is -2.19. The van der Waals surface area contributed by atoms with Gasteiger partial charge in [-0.25, -0.2) is 19.9 Å². The number of H-pyrrole nitrogens is 4. The van der Waals surface area contributed by atoms with Gasteiger partial charge in [-0.05, 0) is 26.0 Å². The largest absolute Gasteiger partial charge is 0.756 e. The fourth-order valence-corrected chi connectivity index (χ4v) is 18.7. The topological polar surface area (TPSA) is 745 Å². The van der Waals surface area contributed by atoms with Crippen LogP contribution >= 0.6 is 31.3 Å². The molecule has 6 aliphatic heterocycles. The molecule has 6 aliphatic rings. The minimum atomic E-state index is -5.59. The Hall–Kier alpha value is -11.1. The summed E-state index contributed by atoms with van der Waals surface area (Å²) < 4.78 is 125. The summed E-state index contributed by atoms with van der Waals surface area (Å²) in [5, 5.41) is 46.9. The van der Waals surface area contributed by atoms with Gasteiger partial charge in [-0.3, -0.25) is 85.2 Å². The number of hydrogen-bond acceptors (Lipinski definition) is 42. The highest BCUT2D eigenvalue weighted by molar-refractivity contribution is 7.46. The van der Waals surface area contributed by atoms with Gasteiger partial charge in [0, 0.05) is 33.4 Å². The number of nitrogens with two attached hydrogens (primary N) is 4. The average Bonchev–Trinajstić information content (AvgIpc) is 1.60. The predicted octanol–water partition coefficient (Wildman–Crippen LogP) is -1.55. The Kier molecular flexibility index (Phi) is 21.6. The molecule has 50 nitrogen and oxygen atoms in total. The summed E-state index contributed by atoms with van der Waals surface area (Å²) in [4.78, 5) is 174. The fraction of sp³-hybridized carbons (Fsp3) is 0.324. The molecule has 8 unspecified atom stereocenters. The number of Topliss-reactive ketones (excluding diaryl/α,β-unsaturated/α-hetero) is 2. The van der Waals surface area contributed by atoms with E-state index in [1.807, 2.05) is 0 Å². The Balaban J connectivity index is 0.000000174. The van der Waals surface area contributed by atoms with Crippen molar-refractivity contribution in [1.82, 2.24) is 78.1 Å². The first kappa shape index (κ1) is 83.2. The smallest absolute Gasteiger partial charge is 0.280 e. The Morgan fingerprint density at radius 2 is 0.598 bits per heavy atom. The monoisotopic (exact) mass is 1760 g/mol. The quantitative estimate of drug-likeness (QED) is 0.0545. The van der Waals surface area contributed by atoms with E-state index in [1.165, 1.54) is 71.5 Å². The van der Waals surface area contributed by atoms with Crippen LogP contribution < -0.4 is 64.7 Å². The summed E-state index contributed by atoms with van der Waals surface area (Å²) in [6, 6.07) is 28.6. The van der Waals surface area contributed by atoms with E-state index in [-0.39, 0.29) is 126 Å². The van der Waals surface area contributed by atoms with E-state index in [0.29, 0.717) is 11.1 Å². The van der Waals surface area contributed by atoms with E-state index < -0.39 is 178 Å². The number of nitrogens with one attached hydrogen (secondary N) is 4. The maximum Gasteiger partial charge on any atom is 0.280 e. The lowest BCUT2D eigenvalue weighted by Crippen LogP contribution is -2.41. The number of imidazole rings is 4. The number of ether oxygens (including phenoxy) is 4. The van der Waals surface area contributed by atoms with Crippen LogP contribution in [0.1, 0.15) is 59.5 Å². The second-order valence-electron chi connectivity index (χ2n) is 28.2. The van der Waals surface area contributed by atoms with Gasteiger partial charge in [0.15, 0.2) is 81.1 Å². The number of carbonyl (C=O) groups is 2. The number of ketones is 2. The summed E-state index contributed by atoms with van der Waals surface area (Å²) in [6.07, 6.45) is -29.4. The van der Waals surface area contributed by atoms with Crippen molar-refractivity contribution >= 4 is 111 Å². The molecule has 0 amide bonds. The van der Waals surface area contributed by atoms with Crippen LogP contribution in [0.4, 0.5) is 23.8 Å². The molecule has 14 heterocycles. The molecule has 12 aromatic rings. The van der Waals surface area contributed by atoms with Crippen LogP contribution in [-0.4, -0.2) is 210 Å². The number of benzene rings is 4. The molecule has 4 aromatic carbocycles. The zero-order valence-electron chi connectivity index (χ0n) is 62.3. The third kappa shape index (κ3) is 15.6. The number of rotatable bonds is 10. The number of phosphoric ester groups is 4. The van der Waals surface area contributed by atoms with Gasteiger partial charge in [0.05, 0.1) is 26.4 Å². The van der Waals surface area contributed by atoms with Gasteiger partial charge in [0.1, 0.15) is 96.5 Å². The zero-order chi connectivity index (χ0) is 86.2. The molecule has 640 valence electrons. The normalized spacial score (nSPS) is 30.8. The minimum Gasteiger partial charge on any atom is -0.756 e. The lowest BCUT2D eigenvalue weighted by atomic mass is 10.1. The molecule has 54 heteroatoms. The van der Waals surface area contributed by atoms with Crippen molar-refractivity contribution in [2.24, 2.45) is 0 Å². The molecule has 0 spiro atoms. The van der Waals surface area contributed by atoms with Crippen LogP contribution in [0.5, 0.6) is 0 Å². The molecule has 6 fully saturated rings. The van der Waals surface area contributed by atoms with Crippen LogP contribution in [0.25, 0.3) is 90.2 Å². The van der Waals surface area contributed by atoms with Crippen molar-refractivity contribution < 1.29 is 123 Å². The summed E-state index contributed by atoms with van der Waals surface area (Å²) in [6.45, 7) is -1.54. The van der Waals surface area contributed by atoms with Crippen LogP contribution in [0.3, 0.4) is 0 Å². The standard InChI is InChI=1S/C36H36N10O16P2.C32H32N10O14P2/c1-13(47)15-5-3-7-17(9-15)27-39-21-29(41-35(37)43-31(21)51)45(27)33-23(49)25-19(59-33)11-57-64(55,56)62-26-20(12-58-63(53,54)61-25)60-34(24(26)50)46-28(18-8-4-6-16(10-18)14(2)48)40-22-30(46)42-36(38)44-32(22)52;33-31-37-25-17(27(45)39-31)35-23(13-7-3-1-4-8-13)41(25)29-19(43)21-15(53-29)11-51-58(49,50)56-22-16(12-52-57(47,48)55-21)54-30(20(22)44)42-24(14-9-5-2-6-10-14)36-18-26(42)38-32(34)40-28(18)46/h3-10,19-20,23-26,33-34,49-50H,11-12H2,1-2H3,(H,53,54)(H,55,56)(H3,37,41,43,51)(H3,38,42,44,52);1-10,15-16,19-22,29-30,43-44H,11-12H2,(H,47,48)(H,49,50)(H3,33,37,39,45)(H3,34,38,40,46)/p-4/t19-,20-,23+,24+,25?,26?,33-,34-;15-,16-,19+,20+,21?,22?,29-,30-/m11/s1. The molecular formula is C68H64N20O30P4-4. The van der Waals surface area contributed by atoms with Crippen LogP contribution in [-0.2, 0) is 73.4 Å². The van der Waals surface area contributed by atoms with Crippen molar-refractivity contribution in [1.29, 1.82) is 0 Å². The number of anilines is 4. The van der Waals surface area contributed by atoms with Gasteiger partial charge in [0.2, 0.25) is 23.8 Å². The van der Waals surface area contributed by atoms with Crippen molar-refractivity contribution in [2.75, 3.05) is 49.4 Å². The van der Waals surface area contributed by atoms with Crippen molar-refractivity contribution in [3.8, 4) is 45.6 Å². The number of aliphatic hydroxyl groups excluding tert-OH is 4. The van der Waals surface area contributed by atoms with E-state index in [9.17, 15) is 87.0 Å². The first-order valence-electron chi connectivity index (χ1n) is 36.3. The third-order valence-electron chi connectivity index (χ3n) is 20.2. The second kappa shape index (κ2) is 31.7. The molecule has 18 rings (SSSR count). The van der Waals surface area contributed by atoms with Crippen molar-refractivity contribution in [2.45, 2.75) is 112 Å². The zero-order valence-corrected chi connectivity index (χ0v) is 65.9. The van der Waals surface area contributed by atoms with E-state index in [2.05, 4.69) is 59.8 Å². The number of fused-ring (bicyclic) bond motifs is 8. The van der Waals surface area contributed by atoms with Crippen LogP contribution in [0.2, 0.25) is 0 Å². The fourth-order valence-electron chi connectivity index (χ4n) is 14.9. The SMILES string of the molecule is CC(=O)c1cccc(-c2nc3c(=O)[nH]c(N)nc3n2[C@@H]2O[C@@H]3COP(=O)([O-])OC4[C@@H](COP(=O)([O-])OC3[C@@H]2O)O[C@@H](n2c(-c3cccc(C(C)=O)c3)nc3c(=O)[nH]c(N)nc32)[C@H]4O)c1.Nc1nc2c(nc(-c3ccccc3)n2[C@@H]2O[C@@H]3COP(=O)([O-])OC4[C@@H](COP(=O)([O-])OC3[C@@H]2O)O[C@@H](n2c(-c3ccccc3)nc3c(=O)[nH]c(N)nc32)[C@H]4O)c(=O)[nH]1. The Morgan fingerprint density at radius 1 is 0.369 bits per heavy atom. The predicted molar refractivity (Wildman–Crippen MR) is 405 cm³/mol. The Labute approximate surface area is 678 Å². The van der Waals surface area contributed by atoms with E-state index in [0.717, 1.165) is 9.13 Å².